The minimum atomic E-state index is -1.55. The molecule has 2 saturated heterocycles. The van der Waals surface area contributed by atoms with Gasteiger partial charge in [-0.25, -0.2) is 18.1 Å². The molecule has 0 saturated carbocycles. The summed E-state index contributed by atoms with van der Waals surface area (Å²) in [5, 5.41) is 72.4. The molecule has 15 nitrogen and oxygen atoms in total. The highest BCUT2D eigenvalue weighted by Crippen LogP contribution is 2.42. The highest BCUT2D eigenvalue weighted by molar-refractivity contribution is 8.00. The van der Waals surface area contributed by atoms with Gasteiger partial charge in [0.15, 0.2) is 0 Å². The Morgan fingerprint density at radius 3 is 1.77 bits per heavy atom. The number of nitrogens with zero attached hydrogens (tertiary/aromatic N) is 6. The molecular formula is C34H40F2N6O9S. The highest BCUT2D eigenvalue weighted by Gasteiger charge is 2.52. The van der Waals surface area contributed by atoms with E-state index in [9.17, 15) is 39.1 Å². The molecule has 2 aliphatic rings. The second kappa shape index (κ2) is 15.6. The molecule has 0 spiro atoms. The Morgan fingerprint density at radius 2 is 1.31 bits per heavy atom. The van der Waals surface area contributed by atoms with E-state index in [0.29, 0.717) is 17.5 Å². The van der Waals surface area contributed by atoms with Crippen LogP contribution in [0.2, 0.25) is 0 Å². The number of aliphatic hydroxyl groups is 5. The summed E-state index contributed by atoms with van der Waals surface area (Å²) in [5.74, 6) is -1.54. The van der Waals surface area contributed by atoms with Crippen LogP contribution in [0.15, 0.2) is 60.9 Å². The van der Waals surface area contributed by atoms with Gasteiger partial charge in [0.1, 0.15) is 89.2 Å². The van der Waals surface area contributed by atoms with Crippen molar-refractivity contribution in [2.24, 2.45) is 5.41 Å². The molecule has 52 heavy (non-hydrogen) atoms. The molecule has 5 N–H and O–H groups in total. The van der Waals surface area contributed by atoms with E-state index in [1.54, 1.807) is 26.0 Å². The van der Waals surface area contributed by atoms with E-state index in [1.165, 1.54) is 58.2 Å². The van der Waals surface area contributed by atoms with Crippen LogP contribution in [0, 0.1) is 17.0 Å². The Hall–Kier alpha value is -3.88. The molecule has 6 rings (SSSR count). The van der Waals surface area contributed by atoms with Crippen LogP contribution >= 0.6 is 11.8 Å². The summed E-state index contributed by atoms with van der Waals surface area (Å²) in [6.07, 6.45) is -5.21. The fourth-order valence-electron chi connectivity index (χ4n) is 6.01. The Kier molecular flexibility index (Phi) is 11.4. The number of hydrogen-bond acceptors (Lipinski definition) is 14. The number of carbonyl (C=O) groups excluding carboxylic acids is 1. The topological polar surface area (TPSA) is 207 Å². The standard InChI is InChI=1S/C34H40F2N6O9S/c1-4-34(2,3)33(48)49-16-24-28(45)26(42-14-22(38-40-42)18-8-6-10-20(36)12-18)30(47)32(51-24)52-31-29(46)25(27(44)23(15-43)50-31)41-13-21(37-39-41)17-7-5-9-19(35)11-17/h5-14,23-32,43-47H,4,15-16H2,1-3H3/t23-,24-,25+,26+,27+,28+,29-,30-,31+,32+/m1/s1. The number of hydrogen-bond donors (Lipinski definition) is 5. The average molecular weight is 747 g/mol. The molecule has 4 heterocycles. The molecule has 18 heteroatoms. The summed E-state index contributed by atoms with van der Waals surface area (Å²) >= 11 is 0.796. The molecule has 0 radical (unpaired) electrons. The van der Waals surface area contributed by atoms with Gasteiger partial charge in [0.25, 0.3) is 0 Å². The van der Waals surface area contributed by atoms with Crippen molar-refractivity contribution in [2.75, 3.05) is 13.2 Å². The van der Waals surface area contributed by atoms with E-state index in [4.69, 9.17) is 14.2 Å². The van der Waals surface area contributed by atoms with Crippen LogP contribution in [0.1, 0.15) is 39.3 Å². The molecule has 4 aromatic rings. The van der Waals surface area contributed by atoms with E-state index in [2.05, 4.69) is 20.6 Å². The maximum absolute atomic E-state index is 14.0. The fraction of sp³-hybridized carbons (Fsp3) is 0.500. The van der Waals surface area contributed by atoms with Crippen molar-refractivity contribution in [3.63, 3.8) is 0 Å². The number of ether oxygens (including phenoxy) is 3. The Labute approximate surface area is 301 Å². The van der Waals surface area contributed by atoms with Crippen molar-refractivity contribution in [1.82, 2.24) is 30.0 Å². The van der Waals surface area contributed by atoms with E-state index in [1.807, 2.05) is 6.92 Å². The Morgan fingerprint density at radius 1 is 0.827 bits per heavy atom. The molecule has 2 aliphatic heterocycles. The lowest BCUT2D eigenvalue weighted by molar-refractivity contribution is -0.196. The number of rotatable bonds is 11. The zero-order valence-electron chi connectivity index (χ0n) is 28.4. The fourth-order valence-corrected chi connectivity index (χ4v) is 7.33. The van der Waals surface area contributed by atoms with E-state index in [-0.39, 0.29) is 11.4 Å². The van der Waals surface area contributed by atoms with Gasteiger partial charge in [-0.3, -0.25) is 4.79 Å². The Bertz CT molecular complexity index is 1850. The summed E-state index contributed by atoms with van der Waals surface area (Å²) in [7, 11) is 0. The average Bonchev–Trinajstić information content (AvgIpc) is 3.81. The lowest BCUT2D eigenvalue weighted by Crippen LogP contribution is -2.58. The maximum atomic E-state index is 14.0. The number of halogens is 2. The molecule has 10 atom stereocenters. The van der Waals surface area contributed by atoms with E-state index in [0.717, 1.165) is 11.8 Å². The predicted octanol–water partition coefficient (Wildman–Crippen LogP) is 1.86. The summed E-state index contributed by atoms with van der Waals surface area (Å²) < 4.78 is 47.9. The van der Waals surface area contributed by atoms with Crippen LogP contribution in [-0.4, -0.2) is 122 Å². The van der Waals surface area contributed by atoms with Crippen molar-refractivity contribution in [2.45, 2.75) is 86.8 Å². The van der Waals surface area contributed by atoms with Gasteiger partial charge in [0, 0.05) is 11.1 Å². The molecule has 2 aromatic carbocycles. The third-order valence-electron chi connectivity index (χ3n) is 9.47. The van der Waals surface area contributed by atoms with Gasteiger partial charge < -0.3 is 39.7 Å². The third kappa shape index (κ3) is 7.74. The van der Waals surface area contributed by atoms with Gasteiger partial charge in [-0.15, -0.1) is 10.2 Å². The highest BCUT2D eigenvalue weighted by atomic mass is 32.2. The van der Waals surface area contributed by atoms with Gasteiger partial charge in [-0.05, 0) is 44.5 Å². The minimum absolute atomic E-state index is 0.251. The van der Waals surface area contributed by atoms with Crippen molar-refractivity contribution >= 4 is 17.7 Å². The number of aromatic nitrogens is 6. The van der Waals surface area contributed by atoms with Crippen LogP contribution in [0.5, 0.6) is 0 Å². The predicted molar refractivity (Wildman–Crippen MR) is 180 cm³/mol. The lowest BCUT2D eigenvalue weighted by Gasteiger charge is -2.46. The molecule has 0 bridgehead atoms. The first kappa shape index (κ1) is 37.9. The molecule has 0 unspecified atom stereocenters. The molecular weight excluding hydrogens is 706 g/mol. The monoisotopic (exact) mass is 746 g/mol. The first-order chi connectivity index (χ1) is 24.8. The minimum Gasteiger partial charge on any atom is -0.462 e. The van der Waals surface area contributed by atoms with Crippen LogP contribution in [0.3, 0.4) is 0 Å². The normalized spacial score (nSPS) is 29.6. The number of aliphatic hydroxyl groups excluding tert-OH is 5. The summed E-state index contributed by atoms with van der Waals surface area (Å²) in [5.41, 5.74) is -2.09. The van der Waals surface area contributed by atoms with Crippen molar-refractivity contribution in [3.8, 4) is 22.5 Å². The van der Waals surface area contributed by atoms with Crippen molar-refractivity contribution in [1.29, 1.82) is 0 Å². The summed E-state index contributed by atoms with van der Waals surface area (Å²) in [6, 6.07) is 8.80. The molecule has 0 aliphatic carbocycles. The van der Waals surface area contributed by atoms with Gasteiger partial charge in [0.05, 0.1) is 24.4 Å². The lowest BCUT2D eigenvalue weighted by atomic mass is 9.90. The second-order valence-electron chi connectivity index (χ2n) is 13.4. The third-order valence-corrected chi connectivity index (χ3v) is 10.8. The number of carbonyl (C=O) groups is 1. The number of esters is 1. The summed E-state index contributed by atoms with van der Waals surface area (Å²) in [6.45, 7) is 4.18. The SMILES string of the molecule is CCC(C)(C)C(=O)OC[C@H]1O[C@@H](S[C@@H]2O[C@H](CO)[C@H](O)[C@H](n3cc(-c4cccc(F)c4)nn3)[C@H]2O)[C@H](O)[C@@H](n2cc(-c3cccc(F)c3)nn2)[C@H]1O. The first-order valence-electron chi connectivity index (χ1n) is 16.6. The maximum Gasteiger partial charge on any atom is 0.311 e. The molecule has 2 aromatic heterocycles. The largest absolute Gasteiger partial charge is 0.462 e. The number of benzene rings is 2. The van der Waals surface area contributed by atoms with Gasteiger partial charge in [-0.2, -0.15) is 0 Å². The quantitative estimate of drug-likeness (QED) is 0.139. The molecule has 2 fully saturated rings. The first-order valence-corrected chi connectivity index (χ1v) is 17.6. The molecule has 280 valence electrons. The van der Waals surface area contributed by atoms with E-state index >= 15 is 0 Å². The van der Waals surface area contributed by atoms with Crippen LogP contribution in [0.4, 0.5) is 8.78 Å². The van der Waals surface area contributed by atoms with Gasteiger partial charge in [0.2, 0.25) is 0 Å². The Balaban J connectivity index is 1.28. The molecule has 0 amide bonds. The second-order valence-corrected chi connectivity index (χ2v) is 14.6. The smallest absolute Gasteiger partial charge is 0.311 e. The zero-order chi connectivity index (χ0) is 37.3. The van der Waals surface area contributed by atoms with Crippen LogP contribution in [-0.2, 0) is 19.0 Å². The van der Waals surface area contributed by atoms with Crippen LogP contribution in [0.25, 0.3) is 22.5 Å². The summed E-state index contributed by atoms with van der Waals surface area (Å²) in [4.78, 5) is 12.9. The van der Waals surface area contributed by atoms with Crippen LogP contribution < -0.4 is 0 Å². The van der Waals surface area contributed by atoms with E-state index < -0.39 is 95.8 Å². The zero-order valence-corrected chi connectivity index (χ0v) is 29.2. The van der Waals surface area contributed by atoms with Gasteiger partial charge >= 0.3 is 5.97 Å². The number of thioether (sulfide) groups is 1. The van der Waals surface area contributed by atoms with Gasteiger partial charge in [-0.1, -0.05) is 53.4 Å². The van der Waals surface area contributed by atoms with Crippen molar-refractivity contribution < 1.29 is 53.3 Å². The van der Waals surface area contributed by atoms with Crippen molar-refractivity contribution in [3.05, 3.63) is 72.6 Å².